The summed E-state index contributed by atoms with van der Waals surface area (Å²) in [5, 5.41) is 0. The van der Waals surface area contributed by atoms with Crippen LogP contribution in [0.3, 0.4) is 0 Å². The fourth-order valence-corrected chi connectivity index (χ4v) is 6.52. The number of ether oxygens (including phenoxy) is 1. The van der Waals surface area contributed by atoms with Gasteiger partial charge in [-0.1, -0.05) is 65.2 Å². The number of hydrogen-bond acceptors (Lipinski definition) is 6. The van der Waals surface area contributed by atoms with Crippen LogP contribution in [0.1, 0.15) is 70.2 Å². The minimum Gasteiger partial charge on any atom is -0.449 e. The summed E-state index contributed by atoms with van der Waals surface area (Å²) in [6.45, 7) is 10.4. The minimum atomic E-state index is -4.06. The van der Waals surface area contributed by atoms with Crippen molar-refractivity contribution in [3.63, 3.8) is 0 Å². The number of hydrogen-bond donors (Lipinski definition) is 1. The van der Waals surface area contributed by atoms with Crippen molar-refractivity contribution >= 4 is 27.5 Å². The van der Waals surface area contributed by atoms with Crippen LogP contribution in [-0.4, -0.2) is 39.6 Å². The topological polar surface area (TPSA) is 75.7 Å². The van der Waals surface area contributed by atoms with Crippen molar-refractivity contribution in [2.24, 2.45) is 5.92 Å². The second-order valence-corrected chi connectivity index (χ2v) is 12.3. The highest BCUT2D eigenvalue weighted by molar-refractivity contribution is 7.92. The maximum Gasteiger partial charge on any atom is 0.421 e. The van der Waals surface area contributed by atoms with Gasteiger partial charge in [-0.15, -0.1) is 11.3 Å². The summed E-state index contributed by atoms with van der Waals surface area (Å²) in [5.41, 5.74) is 2.60. The highest BCUT2D eigenvalue weighted by Crippen LogP contribution is 2.36. The van der Waals surface area contributed by atoms with Crippen LogP contribution in [0, 0.1) is 5.92 Å². The lowest BCUT2D eigenvalue weighted by Gasteiger charge is -2.17. The zero-order valence-corrected chi connectivity index (χ0v) is 22.9. The summed E-state index contributed by atoms with van der Waals surface area (Å²) in [6.07, 6.45) is 4.96. The predicted molar refractivity (Wildman–Crippen MR) is 141 cm³/mol. The Morgan fingerprint density at radius 3 is 2.53 bits per heavy atom. The molecule has 0 spiro atoms. The molecule has 1 N–H and O–H groups in total. The summed E-state index contributed by atoms with van der Waals surface area (Å²) in [6, 6.07) is 9.97. The van der Waals surface area contributed by atoms with Crippen LogP contribution >= 0.6 is 11.3 Å². The number of sulfonamides is 1. The zero-order chi connectivity index (χ0) is 25.1. The fourth-order valence-electron chi connectivity index (χ4n) is 3.68. The Bertz CT molecular complexity index is 1020. The fraction of sp³-hybridized carbons (Fsp3) is 0.577. The highest BCUT2D eigenvalue weighted by atomic mass is 32.2. The summed E-state index contributed by atoms with van der Waals surface area (Å²) >= 11 is 1.22. The van der Waals surface area contributed by atoms with E-state index in [1.165, 1.54) is 24.2 Å². The first kappa shape index (κ1) is 28.3. The molecule has 2 aromatic rings. The van der Waals surface area contributed by atoms with E-state index in [0.29, 0.717) is 17.9 Å². The molecule has 1 aromatic heterocycles. The lowest BCUT2D eigenvalue weighted by Crippen LogP contribution is -2.31. The van der Waals surface area contributed by atoms with E-state index in [9.17, 15) is 13.2 Å². The van der Waals surface area contributed by atoms with Crippen LogP contribution in [0.15, 0.2) is 34.5 Å². The molecule has 0 unspecified atom stereocenters. The molecule has 0 saturated heterocycles. The molecular formula is C26H40N2O4S2. The largest absolute Gasteiger partial charge is 0.449 e. The van der Waals surface area contributed by atoms with E-state index >= 15 is 0 Å². The number of nitrogens with zero attached hydrogens (tertiary/aromatic N) is 1. The Morgan fingerprint density at radius 2 is 1.85 bits per heavy atom. The SMILES string of the molecule is CCCCCN(C)Cc1cccc(-c2cc(CC(C)C)sc2S(=O)(=O)NC(=O)OCCCC)c1. The van der Waals surface area contributed by atoms with E-state index < -0.39 is 16.1 Å². The molecule has 0 saturated carbocycles. The molecule has 0 bridgehead atoms. The summed E-state index contributed by atoms with van der Waals surface area (Å²) in [7, 11) is -1.95. The van der Waals surface area contributed by atoms with E-state index in [1.54, 1.807) is 0 Å². The Labute approximate surface area is 209 Å². The number of carbonyl (C=O) groups is 1. The van der Waals surface area contributed by atoms with Gasteiger partial charge < -0.3 is 9.64 Å². The van der Waals surface area contributed by atoms with Crippen molar-refractivity contribution < 1.29 is 17.9 Å². The molecule has 0 aliphatic heterocycles. The third-order valence-corrected chi connectivity index (χ3v) is 8.39. The van der Waals surface area contributed by atoms with Gasteiger partial charge in [0.1, 0.15) is 4.21 Å². The van der Waals surface area contributed by atoms with Crippen LogP contribution in [0.25, 0.3) is 11.1 Å². The monoisotopic (exact) mass is 508 g/mol. The maximum absolute atomic E-state index is 13.2. The number of thiophene rings is 1. The van der Waals surface area contributed by atoms with E-state index in [1.807, 2.05) is 25.1 Å². The van der Waals surface area contributed by atoms with Crippen LogP contribution < -0.4 is 4.72 Å². The number of amides is 1. The van der Waals surface area contributed by atoms with Crippen molar-refractivity contribution in [1.82, 2.24) is 9.62 Å². The van der Waals surface area contributed by atoms with E-state index in [-0.39, 0.29) is 10.8 Å². The zero-order valence-electron chi connectivity index (χ0n) is 21.2. The number of rotatable bonds is 14. The minimum absolute atomic E-state index is 0.157. The standard InChI is InChI=1S/C26H40N2O4S2/c1-6-8-10-14-28(5)19-21-12-11-13-22(17-21)24-18-23(16-20(3)4)33-25(24)34(30,31)27-26(29)32-15-9-7-2/h11-13,17-18,20H,6-10,14-16,19H2,1-5H3,(H,27,29). The van der Waals surface area contributed by atoms with Gasteiger partial charge in [-0.25, -0.2) is 17.9 Å². The van der Waals surface area contributed by atoms with Gasteiger partial charge >= 0.3 is 6.09 Å². The third kappa shape index (κ3) is 9.04. The number of carbonyl (C=O) groups excluding carboxylic acids is 1. The van der Waals surface area contributed by atoms with Crippen LogP contribution in [0.5, 0.6) is 0 Å². The summed E-state index contributed by atoms with van der Waals surface area (Å²) < 4.78 is 33.6. The van der Waals surface area contributed by atoms with Gasteiger partial charge in [0, 0.05) is 17.0 Å². The third-order valence-electron chi connectivity index (χ3n) is 5.39. The van der Waals surface area contributed by atoms with Gasteiger partial charge in [0.05, 0.1) is 6.61 Å². The maximum atomic E-state index is 13.2. The average molecular weight is 509 g/mol. The Hall–Kier alpha value is -1.90. The smallest absolute Gasteiger partial charge is 0.421 e. The predicted octanol–water partition coefficient (Wildman–Crippen LogP) is 6.45. The molecule has 1 aromatic carbocycles. The molecule has 190 valence electrons. The first-order chi connectivity index (χ1) is 16.2. The molecule has 6 nitrogen and oxygen atoms in total. The van der Waals surface area contributed by atoms with Crippen LogP contribution in [0.2, 0.25) is 0 Å². The van der Waals surface area contributed by atoms with Gasteiger partial charge in [0.25, 0.3) is 10.0 Å². The molecular weight excluding hydrogens is 468 g/mol. The lowest BCUT2D eigenvalue weighted by molar-refractivity contribution is 0.151. The summed E-state index contributed by atoms with van der Waals surface area (Å²) in [4.78, 5) is 15.4. The quantitative estimate of drug-likeness (QED) is 0.297. The van der Waals surface area contributed by atoms with Gasteiger partial charge in [-0.2, -0.15) is 0 Å². The average Bonchev–Trinajstić information content (AvgIpc) is 3.18. The molecule has 0 fully saturated rings. The second kappa shape index (κ2) is 13.9. The lowest BCUT2D eigenvalue weighted by atomic mass is 10.0. The van der Waals surface area contributed by atoms with Gasteiger partial charge in [0.15, 0.2) is 0 Å². The molecule has 0 radical (unpaired) electrons. The van der Waals surface area contributed by atoms with Gasteiger partial charge in [0.2, 0.25) is 0 Å². The number of benzene rings is 1. The van der Waals surface area contributed by atoms with Gasteiger partial charge in [-0.05, 0) is 62.0 Å². The van der Waals surface area contributed by atoms with E-state index in [0.717, 1.165) is 48.4 Å². The van der Waals surface area contributed by atoms with Crippen molar-refractivity contribution in [2.75, 3.05) is 20.2 Å². The van der Waals surface area contributed by atoms with Gasteiger partial charge in [-0.3, -0.25) is 0 Å². The molecule has 0 aliphatic rings. The normalized spacial score (nSPS) is 11.9. The first-order valence-electron chi connectivity index (χ1n) is 12.3. The second-order valence-electron chi connectivity index (χ2n) is 9.25. The molecule has 2 rings (SSSR count). The van der Waals surface area contributed by atoms with Crippen LogP contribution in [0.4, 0.5) is 4.79 Å². The van der Waals surface area contributed by atoms with Crippen LogP contribution in [-0.2, 0) is 27.7 Å². The Balaban J connectivity index is 2.32. The highest BCUT2D eigenvalue weighted by Gasteiger charge is 2.26. The van der Waals surface area contributed by atoms with E-state index in [2.05, 4.69) is 49.6 Å². The Morgan fingerprint density at radius 1 is 1.12 bits per heavy atom. The van der Waals surface area contributed by atoms with E-state index in [4.69, 9.17) is 4.74 Å². The molecule has 8 heteroatoms. The summed E-state index contributed by atoms with van der Waals surface area (Å²) in [5.74, 6) is 0.386. The molecule has 34 heavy (non-hydrogen) atoms. The number of unbranched alkanes of at least 4 members (excludes halogenated alkanes) is 3. The molecule has 1 heterocycles. The number of nitrogens with one attached hydrogen (secondary N) is 1. The van der Waals surface area contributed by atoms with Crippen molar-refractivity contribution in [3.8, 4) is 11.1 Å². The van der Waals surface area contributed by atoms with Crippen molar-refractivity contribution in [2.45, 2.75) is 77.0 Å². The first-order valence-corrected chi connectivity index (χ1v) is 14.6. The van der Waals surface area contributed by atoms with Crippen molar-refractivity contribution in [3.05, 3.63) is 40.8 Å². The molecule has 0 atom stereocenters. The molecule has 1 amide bonds. The molecule has 0 aliphatic carbocycles. The van der Waals surface area contributed by atoms with Crippen molar-refractivity contribution in [1.29, 1.82) is 0 Å². The Kier molecular flexibility index (Phi) is 11.5.